The van der Waals surface area contributed by atoms with Crippen LogP contribution in [0.25, 0.3) is 10.6 Å². The maximum Gasteiger partial charge on any atom is 0.206 e. The molecule has 1 aromatic carbocycles. The Morgan fingerprint density at radius 1 is 1.18 bits per heavy atom. The van der Waals surface area contributed by atoms with Crippen LogP contribution in [0.3, 0.4) is 0 Å². The Labute approximate surface area is 172 Å². The zero-order chi connectivity index (χ0) is 19.3. The number of methoxy groups -OCH3 is 1. The van der Waals surface area contributed by atoms with Crippen molar-refractivity contribution in [2.24, 2.45) is 10.1 Å². The lowest BCUT2D eigenvalue weighted by Crippen LogP contribution is -2.18. The van der Waals surface area contributed by atoms with Crippen molar-refractivity contribution >= 4 is 28.9 Å². The second kappa shape index (κ2) is 8.75. The van der Waals surface area contributed by atoms with Crippen LogP contribution in [0.5, 0.6) is 11.5 Å². The summed E-state index contributed by atoms with van der Waals surface area (Å²) in [7, 11) is 1.61. The number of aromatic nitrogens is 1. The van der Waals surface area contributed by atoms with Crippen LogP contribution in [0.4, 0.5) is 0 Å². The first-order valence-corrected chi connectivity index (χ1v) is 11.2. The summed E-state index contributed by atoms with van der Waals surface area (Å²) >= 11 is 3.30. The molecule has 1 aliphatic carbocycles. The van der Waals surface area contributed by atoms with E-state index in [1.54, 1.807) is 54.2 Å². The van der Waals surface area contributed by atoms with Crippen molar-refractivity contribution in [2.45, 2.75) is 38.1 Å². The summed E-state index contributed by atoms with van der Waals surface area (Å²) in [5.41, 5.74) is 1.63. The van der Waals surface area contributed by atoms with E-state index in [0.717, 1.165) is 28.2 Å². The van der Waals surface area contributed by atoms with E-state index in [9.17, 15) is 5.11 Å². The molecule has 28 heavy (non-hydrogen) atoms. The highest BCUT2D eigenvalue weighted by Gasteiger charge is 2.14. The molecule has 1 saturated carbocycles. The van der Waals surface area contributed by atoms with E-state index in [-0.39, 0.29) is 5.75 Å². The minimum Gasteiger partial charge on any atom is -0.507 e. The van der Waals surface area contributed by atoms with Crippen molar-refractivity contribution in [3.63, 3.8) is 0 Å². The number of phenolic OH excluding ortho intramolecular Hbond substituents is 1. The molecule has 1 N–H and O–H groups in total. The first-order chi connectivity index (χ1) is 13.7. The zero-order valence-corrected chi connectivity index (χ0v) is 17.4. The topological polar surface area (TPSA) is 59.1 Å². The van der Waals surface area contributed by atoms with E-state index in [0.29, 0.717) is 17.4 Å². The van der Waals surface area contributed by atoms with Crippen molar-refractivity contribution in [1.82, 2.24) is 4.68 Å². The molecule has 0 atom stereocenters. The van der Waals surface area contributed by atoms with Gasteiger partial charge in [-0.15, -0.1) is 22.7 Å². The number of nitrogens with zero attached hydrogens (tertiary/aromatic N) is 3. The molecular weight excluding hydrogens is 390 g/mol. The summed E-state index contributed by atoms with van der Waals surface area (Å²) in [4.78, 5) is 7.05. The normalized spacial score (nSPS) is 16.1. The van der Waals surface area contributed by atoms with Crippen LogP contribution in [0.2, 0.25) is 0 Å². The minimum absolute atomic E-state index is 0.170. The molecule has 1 aliphatic rings. The van der Waals surface area contributed by atoms with E-state index in [2.05, 4.69) is 16.8 Å². The zero-order valence-electron chi connectivity index (χ0n) is 15.7. The molecule has 3 aromatic rings. The fourth-order valence-corrected chi connectivity index (χ4v) is 5.04. The molecule has 2 aromatic heterocycles. The van der Waals surface area contributed by atoms with Crippen molar-refractivity contribution in [1.29, 1.82) is 0 Å². The van der Waals surface area contributed by atoms with Crippen LogP contribution in [-0.4, -0.2) is 29.1 Å². The Kier molecular flexibility index (Phi) is 5.92. The summed E-state index contributed by atoms with van der Waals surface area (Å²) in [5.74, 6) is 0.851. The third-order valence-electron chi connectivity index (χ3n) is 4.87. The largest absolute Gasteiger partial charge is 0.507 e. The predicted octanol–water partition coefficient (Wildman–Crippen LogP) is 5.11. The van der Waals surface area contributed by atoms with Gasteiger partial charge in [0.05, 0.1) is 29.9 Å². The molecular formula is C21H23N3O2S2. The smallest absolute Gasteiger partial charge is 0.206 e. The average molecular weight is 414 g/mol. The van der Waals surface area contributed by atoms with E-state index in [4.69, 9.17) is 14.8 Å². The summed E-state index contributed by atoms with van der Waals surface area (Å²) in [5, 5.41) is 19.0. The number of rotatable bonds is 5. The van der Waals surface area contributed by atoms with Gasteiger partial charge in [0, 0.05) is 10.9 Å². The number of hydrogen-bond acceptors (Lipinski definition) is 6. The Morgan fingerprint density at radius 2 is 2.04 bits per heavy atom. The monoisotopic (exact) mass is 413 g/mol. The van der Waals surface area contributed by atoms with Crippen molar-refractivity contribution in [3.8, 4) is 22.1 Å². The summed E-state index contributed by atoms with van der Waals surface area (Å²) < 4.78 is 7.15. The second-order valence-corrected chi connectivity index (χ2v) is 8.57. The molecule has 0 radical (unpaired) electrons. The highest BCUT2D eigenvalue weighted by molar-refractivity contribution is 7.14. The Hall–Kier alpha value is -2.38. The lowest BCUT2D eigenvalue weighted by molar-refractivity contribution is 0.412. The van der Waals surface area contributed by atoms with Gasteiger partial charge in [-0.05, 0) is 42.5 Å². The fraction of sp³-hybridized carbons (Fsp3) is 0.333. The van der Waals surface area contributed by atoms with Gasteiger partial charge in [-0.1, -0.05) is 25.3 Å². The lowest BCUT2D eigenvalue weighted by Gasteiger charge is -2.16. The number of thiazole rings is 1. The standard InChI is InChI=1S/C21H23N3O2S2/c1-26-17-9-10-19(25)15(12-17)13-22-24-18(20-8-5-11-27-20)14-28-21(24)23-16-6-3-2-4-7-16/h5,8-14,16,25H,2-4,6-7H2,1H3. The van der Waals surface area contributed by atoms with Crippen molar-refractivity contribution in [3.05, 3.63) is 51.5 Å². The molecule has 0 unspecified atom stereocenters. The van der Waals surface area contributed by atoms with E-state index in [1.807, 2.05) is 10.7 Å². The van der Waals surface area contributed by atoms with Crippen LogP contribution in [0.1, 0.15) is 37.7 Å². The third-order valence-corrected chi connectivity index (χ3v) is 6.60. The van der Waals surface area contributed by atoms with Gasteiger partial charge in [0.2, 0.25) is 4.80 Å². The Balaban J connectivity index is 1.75. The maximum absolute atomic E-state index is 10.2. The SMILES string of the molecule is COc1ccc(O)c(C=Nn2c(-c3cccs3)csc2=NC2CCCCC2)c1. The van der Waals surface area contributed by atoms with Crippen LogP contribution in [0.15, 0.2) is 51.2 Å². The van der Waals surface area contributed by atoms with Gasteiger partial charge < -0.3 is 9.84 Å². The lowest BCUT2D eigenvalue weighted by atomic mass is 9.96. The predicted molar refractivity (Wildman–Crippen MR) is 116 cm³/mol. The molecule has 0 bridgehead atoms. The number of thiophene rings is 1. The molecule has 0 amide bonds. The Morgan fingerprint density at radius 3 is 2.79 bits per heavy atom. The maximum atomic E-state index is 10.2. The van der Waals surface area contributed by atoms with Crippen LogP contribution in [0, 0.1) is 0 Å². The molecule has 0 spiro atoms. The number of ether oxygens (including phenoxy) is 1. The van der Waals surface area contributed by atoms with Crippen LogP contribution < -0.4 is 9.54 Å². The minimum atomic E-state index is 0.170. The van der Waals surface area contributed by atoms with Gasteiger partial charge in [-0.2, -0.15) is 5.10 Å². The summed E-state index contributed by atoms with van der Waals surface area (Å²) in [6.07, 6.45) is 7.77. The summed E-state index contributed by atoms with van der Waals surface area (Å²) in [6.45, 7) is 0. The van der Waals surface area contributed by atoms with Gasteiger partial charge in [0.15, 0.2) is 0 Å². The first-order valence-electron chi connectivity index (χ1n) is 9.44. The molecule has 7 heteroatoms. The molecule has 0 saturated heterocycles. The number of aromatic hydroxyl groups is 1. The van der Waals surface area contributed by atoms with Crippen molar-refractivity contribution < 1.29 is 9.84 Å². The van der Waals surface area contributed by atoms with Gasteiger partial charge in [0.1, 0.15) is 11.5 Å². The third kappa shape index (κ3) is 4.20. The summed E-state index contributed by atoms with van der Waals surface area (Å²) in [6, 6.07) is 9.62. The highest BCUT2D eigenvalue weighted by Crippen LogP contribution is 2.26. The molecule has 4 rings (SSSR count). The highest BCUT2D eigenvalue weighted by atomic mass is 32.1. The molecule has 1 fully saturated rings. The number of benzene rings is 1. The van der Waals surface area contributed by atoms with E-state index < -0.39 is 0 Å². The molecule has 146 valence electrons. The average Bonchev–Trinajstić information content (AvgIpc) is 3.38. The van der Waals surface area contributed by atoms with Gasteiger partial charge >= 0.3 is 0 Å². The van der Waals surface area contributed by atoms with E-state index in [1.165, 1.54) is 19.3 Å². The van der Waals surface area contributed by atoms with Crippen LogP contribution >= 0.6 is 22.7 Å². The molecule has 2 heterocycles. The quantitative estimate of drug-likeness (QED) is 0.591. The van der Waals surface area contributed by atoms with Gasteiger partial charge in [-0.25, -0.2) is 4.68 Å². The van der Waals surface area contributed by atoms with Crippen LogP contribution in [-0.2, 0) is 0 Å². The van der Waals surface area contributed by atoms with E-state index >= 15 is 0 Å². The number of phenols is 1. The van der Waals surface area contributed by atoms with Gasteiger partial charge in [0.25, 0.3) is 0 Å². The fourth-order valence-electron chi connectivity index (χ4n) is 3.34. The van der Waals surface area contributed by atoms with Gasteiger partial charge in [-0.3, -0.25) is 4.99 Å². The Bertz CT molecular complexity index is 1010. The molecule has 5 nitrogen and oxygen atoms in total. The van der Waals surface area contributed by atoms with Crippen molar-refractivity contribution in [2.75, 3.05) is 7.11 Å². The molecule has 0 aliphatic heterocycles. The number of hydrogen-bond donors (Lipinski definition) is 1. The first kappa shape index (κ1) is 19.0. The second-order valence-electron chi connectivity index (χ2n) is 6.78.